The van der Waals surface area contributed by atoms with Crippen LogP contribution >= 0.6 is 0 Å². The summed E-state index contributed by atoms with van der Waals surface area (Å²) in [7, 11) is 1.66. The van der Waals surface area contributed by atoms with E-state index in [1.54, 1.807) is 7.11 Å². The zero-order valence-corrected chi connectivity index (χ0v) is 8.97. The van der Waals surface area contributed by atoms with Gasteiger partial charge in [-0.2, -0.15) is 0 Å². The van der Waals surface area contributed by atoms with Crippen molar-refractivity contribution in [1.29, 1.82) is 0 Å². The van der Waals surface area contributed by atoms with E-state index in [9.17, 15) is 0 Å². The Bertz CT molecular complexity index is 462. The summed E-state index contributed by atoms with van der Waals surface area (Å²) in [6, 6.07) is 3.99. The number of ether oxygens (including phenoxy) is 1. The molecule has 2 aromatic heterocycles. The van der Waals surface area contributed by atoms with E-state index in [2.05, 4.69) is 4.98 Å². The van der Waals surface area contributed by atoms with Gasteiger partial charge >= 0.3 is 0 Å². The van der Waals surface area contributed by atoms with Crippen LogP contribution in [0.4, 0.5) is 0 Å². The normalized spacial score (nSPS) is 13.0. The highest BCUT2D eigenvalue weighted by atomic mass is 16.5. The van der Waals surface area contributed by atoms with Gasteiger partial charge in [-0.1, -0.05) is 0 Å². The fourth-order valence-electron chi connectivity index (χ4n) is 1.60. The molecule has 0 fully saturated rings. The third kappa shape index (κ3) is 1.94. The summed E-state index contributed by atoms with van der Waals surface area (Å²) in [6.07, 6.45) is 4.57. The molecule has 80 valence electrons. The zero-order chi connectivity index (χ0) is 10.8. The average Bonchev–Trinajstić information content (AvgIpc) is 2.60. The van der Waals surface area contributed by atoms with Crippen LogP contribution in [0.3, 0.4) is 0 Å². The van der Waals surface area contributed by atoms with Crippen LogP contribution in [-0.2, 0) is 6.42 Å². The molecule has 0 radical (unpaired) electrons. The summed E-state index contributed by atoms with van der Waals surface area (Å²) >= 11 is 0. The van der Waals surface area contributed by atoms with Crippen molar-refractivity contribution in [1.82, 2.24) is 9.38 Å². The van der Waals surface area contributed by atoms with Crippen molar-refractivity contribution in [3.05, 3.63) is 30.4 Å². The van der Waals surface area contributed by atoms with Crippen LogP contribution < -0.4 is 10.5 Å². The molecule has 2 aromatic rings. The SMILES string of the molecule is COc1ccn2c(CC(C)N)ncc2c1. The van der Waals surface area contributed by atoms with E-state index in [1.807, 2.05) is 35.9 Å². The van der Waals surface area contributed by atoms with Gasteiger partial charge < -0.3 is 14.9 Å². The lowest BCUT2D eigenvalue weighted by molar-refractivity contribution is 0.414. The van der Waals surface area contributed by atoms with E-state index in [-0.39, 0.29) is 6.04 Å². The second-order valence-electron chi connectivity index (χ2n) is 3.72. The molecular formula is C11H15N3O. The fourth-order valence-corrected chi connectivity index (χ4v) is 1.60. The van der Waals surface area contributed by atoms with E-state index >= 15 is 0 Å². The van der Waals surface area contributed by atoms with E-state index in [0.29, 0.717) is 0 Å². The van der Waals surface area contributed by atoms with Crippen molar-refractivity contribution in [3.63, 3.8) is 0 Å². The Balaban J connectivity index is 2.43. The fraction of sp³-hybridized carbons (Fsp3) is 0.364. The van der Waals surface area contributed by atoms with Crippen molar-refractivity contribution >= 4 is 5.52 Å². The molecule has 1 unspecified atom stereocenters. The summed E-state index contributed by atoms with van der Waals surface area (Å²) < 4.78 is 7.18. The minimum atomic E-state index is 0.123. The number of hydrogen-bond donors (Lipinski definition) is 1. The molecule has 2 N–H and O–H groups in total. The van der Waals surface area contributed by atoms with Gasteiger partial charge in [-0.3, -0.25) is 0 Å². The number of pyridine rings is 1. The molecule has 0 spiro atoms. The van der Waals surface area contributed by atoms with Gasteiger partial charge in [0.2, 0.25) is 0 Å². The first-order valence-electron chi connectivity index (χ1n) is 4.96. The molecule has 1 atom stereocenters. The van der Waals surface area contributed by atoms with Gasteiger partial charge in [0.25, 0.3) is 0 Å². The lowest BCUT2D eigenvalue weighted by Gasteiger charge is -2.05. The Labute approximate surface area is 88.7 Å². The molecule has 0 saturated heterocycles. The number of fused-ring (bicyclic) bond motifs is 1. The highest BCUT2D eigenvalue weighted by molar-refractivity contribution is 5.50. The maximum absolute atomic E-state index is 5.75. The summed E-state index contributed by atoms with van der Waals surface area (Å²) in [4.78, 5) is 4.34. The maximum atomic E-state index is 5.75. The van der Waals surface area contributed by atoms with Gasteiger partial charge in [-0.15, -0.1) is 0 Å². The van der Waals surface area contributed by atoms with Gasteiger partial charge in [0.15, 0.2) is 0 Å². The Morgan fingerprint density at radius 2 is 2.40 bits per heavy atom. The lowest BCUT2D eigenvalue weighted by atomic mass is 10.2. The summed E-state index contributed by atoms with van der Waals surface area (Å²) in [5.74, 6) is 1.83. The van der Waals surface area contributed by atoms with Crippen LogP contribution in [0.25, 0.3) is 5.52 Å². The number of nitrogens with two attached hydrogens (primary N) is 1. The second kappa shape index (κ2) is 3.90. The number of imidazole rings is 1. The van der Waals surface area contributed by atoms with E-state index in [4.69, 9.17) is 10.5 Å². The molecule has 4 heteroatoms. The smallest absolute Gasteiger partial charge is 0.122 e. The van der Waals surface area contributed by atoms with Crippen molar-refractivity contribution < 1.29 is 4.74 Å². The molecular weight excluding hydrogens is 190 g/mol. The van der Waals surface area contributed by atoms with Crippen molar-refractivity contribution in [2.24, 2.45) is 5.73 Å². The number of aromatic nitrogens is 2. The molecule has 0 aliphatic carbocycles. The van der Waals surface area contributed by atoms with Gasteiger partial charge in [-0.05, 0) is 13.0 Å². The summed E-state index contributed by atoms with van der Waals surface area (Å²) in [5, 5.41) is 0. The molecule has 0 aliphatic rings. The molecule has 0 bridgehead atoms. The van der Waals surface area contributed by atoms with Gasteiger partial charge in [0, 0.05) is 24.7 Å². The summed E-state index contributed by atoms with van der Waals surface area (Å²) in [6.45, 7) is 1.98. The molecule has 15 heavy (non-hydrogen) atoms. The van der Waals surface area contributed by atoms with Crippen molar-refractivity contribution in [3.8, 4) is 5.75 Å². The van der Waals surface area contributed by atoms with E-state index in [0.717, 1.165) is 23.5 Å². The van der Waals surface area contributed by atoms with Crippen LogP contribution in [-0.4, -0.2) is 22.5 Å². The van der Waals surface area contributed by atoms with Crippen molar-refractivity contribution in [2.45, 2.75) is 19.4 Å². The Hall–Kier alpha value is -1.55. The number of nitrogens with zero attached hydrogens (tertiary/aromatic N) is 2. The van der Waals surface area contributed by atoms with Crippen molar-refractivity contribution in [2.75, 3.05) is 7.11 Å². The molecule has 0 aromatic carbocycles. The predicted molar refractivity (Wildman–Crippen MR) is 59.1 cm³/mol. The van der Waals surface area contributed by atoms with Gasteiger partial charge in [-0.25, -0.2) is 4.98 Å². The Morgan fingerprint density at radius 1 is 1.60 bits per heavy atom. The van der Waals surface area contributed by atoms with Gasteiger partial charge in [0.1, 0.15) is 11.6 Å². The highest BCUT2D eigenvalue weighted by Gasteiger charge is 2.06. The van der Waals surface area contributed by atoms with Crippen LogP contribution in [0.1, 0.15) is 12.7 Å². The van der Waals surface area contributed by atoms with Gasteiger partial charge in [0.05, 0.1) is 18.8 Å². The zero-order valence-electron chi connectivity index (χ0n) is 8.97. The maximum Gasteiger partial charge on any atom is 0.122 e. The van der Waals surface area contributed by atoms with Crippen LogP contribution in [0.15, 0.2) is 24.5 Å². The Morgan fingerprint density at radius 3 is 3.07 bits per heavy atom. The molecule has 0 aliphatic heterocycles. The van der Waals surface area contributed by atoms with E-state index in [1.165, 1.54) is 0 Å². The lowest BCUT2D eigenvalue weighted by Crippen LogP contribution is -2.19. The number of rotatable bonds is 3. The topological polar surface area (TPSA) is 52.5 Å². The molecule has 0 saturated carbocycles. The first-order valence-corrected chi connectivity index (χ1v) is 4.96. The standard InChI is InChI=1S/C11H15N3O/c1-8(12)5-11-13-7-9-6-10(15-2)3-4-14(9)11/h3-4,6-8H,5,12H2,1-2H3. The predicted octanol–water partition coefficient (Wildman–Crippen LogP) is 1.23. The minimum Gasteiger partial charge on any atom is -0.497 e. The quantitative estimate of drug-likeness (QED) is 0.820. The largest absolute Gasteiger partial charge is 0.497 e. The van der Waals surface area contributed by atoms with E-state index < -0.39 is 0 Å². The molecule has 2 rings (SSSR count). The summed E-state index contributed by atoms with van der Waals surface area (Å²) in [5.41, 5.74) is 6.79. The third-order valence-electron chi connectivity index (χ3n) is 2.32. The monoisotopic (exact) mass is 205 g/mol. The first-order chi connectivity index (χ1) is 7.20. The number of hydrogen-bond acceptors (Lipinski definition) is 3. The molecule has 2 heterocycles. The van der Waals surface area contributed by atoms with Crippen LogP contribution in [0, 0.1) is 0 Å². The van der Waals surface area contributed by atoms with Crippen LogP contribution in [0.5, 0.6) is 5.75 Å². The minimum absolute atomic E-state index is 0.123. The third-order valence-corrected chi connectivity index (χ3v) is 2.32. The molecule has 4 nitrogen and oxygen atoms in total. The highest BCUT2D eigenvalue weighted by Crippen LogP contribution is 2.15. The van der Waals surface area contributed by atoms with Crippen LogP contribution in [0.2, 0.25) is 0 Å². The average molecular weight is 205 g/mol. The second-order valence-corrected chi connectivity index (χ2v) is 3.72. The Kier molecular flexibility index (Phi) is 2.60. The molecule has 0 amide bonds. The first kappa shape index (κ1) is 9.98. The number of methoxy groups -OCH3 is 1.